The first-order valence-electron chi connectivity index (χ1n) is 6.58. The molecule has 0 aromatic rings. The number of hydrogen-bond acceptors (Lipinski definition) is 1. The molecule has 0 unspecified atom stereocenters. The van der Waals surface area contributed by atoms with E-state index < -0.39 is 0 Å². The summed E-state index contributed by atoms with van der Waals surface area (Å²) in [6.45, 7) is 12.2. The van der Waals surface area contributed by atoms with Crippen LogP contribution >= 0.6 is 0 Å². The molecule has 0 spiro atoms. The molecule has 15 heavy (non-hydrogen) atoms. The second kappa shape index (κ2) is 10.0. The summed E-state index contributed by atoms with van der Waals surface area (Å²) in [7, 11) is 0. The average Bonchev–Trinajstić information content (AvgIpc) is 2.24. The van der Waals surface area contributed by atoms with Crippen LogP contribution in [-0.2, 0) is 0 Å². The van der Waals surface area contributed by atoms with Crippen LogP contribution in [0, 0.1) is 0 Å². The lowest BCUT2D eigenvalue weighted by molar-refractivity contribution is 0.406. The first-order valence-corrected chi connectivity index (χ1v) is 6.58. The third kappa shape index (κ3) is 6.53. The molecule has 0 aromatic carbocycles. The molecule has 0 aromatic heterocycles. The van der Waals surface area contributed by atoms with Gasteiger partial charge in [-0.15, -0.1) is 0 Å². The van der Waals surface area contributed by atoms with Crippen molar-refractivity contribution in [3.05, 3.63) is 0 Å². The van der Waals surface area contributed by atoms with Crippen LogP contribution < -0.4 is 0 Å². The number of aliphatic imine (C=N–C) groups is 1. The van der Waals surface area contributed by atoms with E-state index in [1.165, 1.54) is 25.1 Å². The van der Waals surface area contributed by atoms with Crippen molar-refractivity contribution in [3.8, 4) is 0 Å². The van der Waals surface area contributed by atoms with E-state index in [1.54, 1.807) is 0 Å². The summed E-state index contributed by atoms with van der Waals surface area (Å²) >= 11 is 0. The molecule has 0 saturated carbocycles. The van der Waals surface area contributed by atoms with E-state index in [1.807, 2.05) is 0 Å². The van der Waals surface area contributed by atoms with E-state index in [4.69, 9.17) is 4.99 Å². The van der Waals surface area contributed by atoms with E-state index in [-0.39, 0.29) is 0 Å². The molecule has 0 N–H and O–H groups in total. The number of rotatable bonds is 8. The first-order chi connectivity index (χ1) is 7.29. The van der Waals surface area contributed by atoms with Crippen LogP contribution in [0.4, 0.5) is 0 Å². The maximum atomic E-state index is 4.71. The highest BCUT2D eigenvalue weighted by molar-refractivity contribution is 5.82. The van der Waals surface area contributed by atoms with Gasteiger partial charge in [-0.3, -0.25) is 4.99 Å². The van der Waals surface area contributed by atoms with E-state index in [9.17, 15) is 0 Å². The molecule has 2 heteroatoms. The summed E-state index contributed by atoms with van der Waals surface area (Å²) in [6.07, 6.45) is 5.93. The molecule has 2 nitrogen and oxygen atoms in total. The van der Waals surface area contributed by atoms with Crippen molar-refractivity contribution >= 4 is 5.84 Å². The standard InChI is InChI=1S/C13H28N2/c1-5-9-13(14-10-6-2)15(11-7-3)12-8-4/h5-12H2,1-4H3/b14-13+. The highest BCUT2D eigenvalue weighted by Crippen LogP contribution is 2.03. The average molecular weight is 212 g/mol. The highest BCUT2D eigenvalue weighted by atomic mass is 15.2. The summed E-state index contributed by atoms with van der Waals surface area (Å²) in [5.41, 5.74) is 0. The normalized spacial score (nSPS) is 11.9. The van der Waals surface area contributed by atoms with Crippen molar-refractivity contribution < 1.29 is 0 Å². The van der Waals surface area contributed by atoms with Crippen molar-refractivity contribution in [3.63, 3.8) is 0 Å². The van der Waals surface area contributed by atoms with E-state index in [0.717, 1.165) is 32.5 Å². The van der Waals surface area contributed by atoms with Crippen molar-refractivity contribution in [2.45, 2.75) is 59.8 Å². The summed E-state index contributed by atoms with van der Waals surface area (Å²) in [5, 5.41) is 0. The van der Waals surface area contributed by atoms with Crippen LogP contribution in [0.15, 0.2) is 4.99 Å². The van der Waals surface area contributed by atoms with Gasteiger partial charge in [-0.1, -0.05) is 27.7 Å². The van der Waals surface area contributed by atoms with Gasteiger partial charge in [0.15, 0.2) is 0 Å². The van der Waals surface area contributed by atoms with Gasteiger partial charge in [0.2, 0.25) is 0 Å². The summed E-state index contributed by atoms with van der Waals surface area (Å²) in [6, 6.07) is 0. The van der Waals surface area contributed by atoms with Crippen molar-refractivity contribution in [1.82, 2.24) is 4.90 Å². The lowest BCUT2D eigenvalue weighted by atomic mass is 10.2. The Morgan fingerprint density at radius 2 is 1.47 bits per heavy atom. The Morgan fingerprint density at radius 1 is 0.867 bits per heavy atom. The Labute approximate surface area is 95.8 Å². The minimum absolute atomic E-state index is 0.985. The number of amidine groups is 1. The van der Waals surface area contributed by atoms with Crippen molar-refractivity contribution in [2.24, 2.45) is 4.99 Å². The summed E-state index contributed by atoms with van der Waals surface area (Å²) < 4.78 is 0. The Hall–Kier alpha value is -0.530. The molecule has 0 atom stereocenters. The van der Waals surface area contributed by atoms with Gasteiger partial charge in [-0.05, 0) is 25.7 Å². The van der Waals surface area contributed by atoms with Crippen LogP contribution in [0.25, 0.3) is 0 Å². The van der Waals surface area contributed by atoms with Crippen LogP contribution in [0.3, 0.4) is 0 Å². The maximum Gasteiger partial charge on any atom is 0.0988 e. The third-order valence-corrected chi connectivity index (χ3v) is 2.34. The number of hydrogen-bond donors (Lipinski definition) is 0. The number of nitrogens with zero attached hydrogens (tertiary/aromatic N) is 2. The Balaban J connectivity index is 4.35. The van der Waals surface area contributed by atoms with E-state index in [2.05, 4.69) is 32.6 Å². The van der Waals surface area contributed by atoms with Crippen LogP contribution in [-0.4, -0.2) is 30.4 Å². The fourth-order valence-corrected chi connectivity index (χ4v) is 1.71. The minimum Gasteiger partial charge on any atom is -0.360 e. The first kappa shape index (κ1) is 14.5. The zero-order valence-corrected chi connectivity index (χ0v) is 11.1. The van der Waals surface area contributed by atoms with Gasteiger partial charge in [0.25, 0.3) is 0 Å². The fraction of sp³-hybridized carbons (Fsp3) is 0.923. The second-order valence-corrected chi connectivity index (χ2v) is 4.03. The van der Waals surface area contributed by atoms with Gasteiger partial charge in [0, 0.05) is 26.1 Å². The van der Waals surface area contributed by atoms with Gasteiger partial charge >= 0.3 is 0 Å². The fourth-order valence-electron chi connectivity index (χ4n) is 1.71. The van der Waals surface area contributed by atoms with Crippen molar-refractivity contribution in [1.29, 1.82) is 0 Å². The monoisotopic (exact) mass is 212 g/mol. The molecule has 0 rings (SSSR count). The van der Waals surface area contributed by atoms with Gasteiger partial charge in [0.1, 0.15) is 0 Å². The van der Waals surface area contributed by atoms with Gasteiger partial charge < -0.3 is 4.90 Å². The molecule has 0 radical (unpaired) electrons. The molecular weight excluding hydrogens is 184 g/mol. The zero-order valence-electron chi connectivity index (χ0n) is 11.1. The lowest BCUT2D eigenvalue weighted by Crippen LogP contribution is -2.32. The Bertz CT molecular complexity index is 158. The Morgan fingerprint density at radius 3 is 1.87 bits per heavy atom. The second-order valence-electron chi connectivity index (χ2n) is 4.03. The maximum absolute atomic E-state index is 4.71. The molecule has 0 amide bonds. The predicted octanol–water partition coefficient (Wildman–Crippen LogP) is 3.72. The molecule has 90 valence electrons. The largest absolute Gasteiger partial charge is 0.360 e. The molecule has 0 fully saturated rings. The predicted molar refractivity (Wildman–Crippen MR) is 69.7 cm³/mol. The van der Waals surface area contributed by atoms with E-state index >= 15 is 0 Å². The lowest BCUT2D eigenvalue weighted by Gasteiger charge is -2.25. The third-order valence-electron chi connectivity index (χ3n) is 2.34. The zero-order chi connectivity index (χ0) is 11.5. The topological polar surface area (TPSA) is 15.6 Å². The molecule has 0 heterocycles. The molecular formula is C13H28N2. The molecule has 0 aliphatic carbocycles. The van der Waals surface area contributed by atoms with Gasteiger partial charge in [-0.2, -0.15) is 0 Å². The summed E-state index contributed by atoms with van der Waals surface area (Å²) in [4.78, 5) is 7.18. The minimum atomic E-state index is 0.985. The molecule has 0 saturated heterocycles. The molecule has 0 aliphatic rings. The Kier molecular flexibility index (Phi) is 9.65. The van der Waals surface area contributed by atoms with Crippen LogP contribution in [0.5, 0.6) is 0 Å². The van der Waals surface area contributed by atoms with Crippen molar-refractivity contribution in [2.75, 3.05) is 19.6 Å². The SMILES string of the molecule is CCC/N=C(\CCC)N(CCC)CCC. The highest BCUT2D eigenvalue weighted by Gasteiger charge is 2.07. The molecule has 0 bridgehead atoms. The van der Waals surface area contributed by atoms with Crippen LogP contribution in [0.1, 0.15) is 59.8 Å². The molecule has 0 aliphatic heterocycles. The smallest absolute Gasteiger partial charge is 0.0988 e. The summed E-state index contributed by atoms with van der Waals surface area (Å²) in [5.74, 6) is 1.34. The van der Waals surface area contributed by atoms with Crippen LogP contribution in [0.2, 0.25) is 0 Å². The van der Waals surface area contributed by atoms with Gasteiger partial charge in [0.05, 0.1) is 5.84 Å². The van der Waals surface area contributed by atoms with E-state index in [0.29, 0.717) is 0 Å². The van der Waals surface area contributed by atoms with Gasteiger partial charge in [-0.25, -0.2) is 0 Å². The quantitative estimate of drug-likeness (QED) is 0.442.